The molecule has 0 saturated carbocycles. The van der Waals surface area contributed by atoms with E-state index < -0.39 is 35.1 Å². The van der Waals surface area contributed by atoms with Gasteiger partial charge in [-0.25, -0.2) is 9.87 Å². The minimum atomic E-state index is -0.930. The van der Waals surface area contributed by atoms with Crippen LogP contribution < -0.4 is 16.5 Å². The zero-order valence-electron chi connectivity index (χ0n) is 19.1. The predicted octanol–water partition coefficient (Wildman–Crippen LogP) is 2.21. The summed E-state index contributed by atoms with van der Waals surface area (Å²) in [5.74, 6) is -3.19. The SMILES string of the molecule is C=CCO.CC(C)(C)C(NC(=O)C(CC(=O)NO)Cc1ccc2ccc(F)cc2c1)C(N)=O. The van der Waals surface area contributed by atoms with Crippen LogP contribution in [0.4, 0.5) is 4.39 Å². The van der Waals surface area contributed by atoms with Crippen LogP contribution in [0.5, 0.6) is 0 Å². The van der Waals surface area contributed by atoms with E-state index in [9.17, 15) is 18.8 Å². The van der Waals surface area contributed by atoms with Gasteiger partial charge in [0.2, 0.25) is 17.7 Å². The maximum absolute atomic E-state index is 13.5. The van der Waals surface area contributed by atoms with E-state index in [0.717, 1.165) is 5.39 Å². The molecule has 0 aromatic heterocycles. The number of hydroxylamine groups is 1. The number of hydrogen-bond donors (Lipinski definition) is 5. The molecule has 0 aliphatic heterocycles. The zero-order chi connectivity index (χ0) is 25.2. The van der Waals surface area contributed by atoms with Crippen LogP contribution in [0.2, 0.25) is 0 Å². The highest BCUT2D eigenvalue weighted by atomic mass is 19.1. The number of primary amides is 1. The van der Waals surface area contributed by atoms with Crippen LogP contribution >= 0.6 is 0 Å². The molecule has 3 amide bonds. The third kappa shape index (κ3) is 8.99. The second-order valence-electron chi connectivity index (χ2n) is 8.65. The lowest BCUT2D eigenvalue weighted by Gasteiger charge is -2.30. The minimum Gasteiger partial charge on any atom is -0.392 e. The summed E-state index contributed by atoms with van der Waals surface area (Å²) >= 11 is 0. The van der Waals surface area contributed by atoms with Gasteiger partial charge in [0, 0.05) is 6.42 Å². The third-order valence-corrected chi connectivity index (χ3v) is 4.84. The molecule has 2 atom stereocenters. The third-order valence-electron chi connectivity index (χ3n) is 4.84. The maximum atomic E-state index is 13.5. The number of aliphatic hydroxyl groups excluding tert-OH is 1. The van der Waals surface area contributed by atoms with Gasteiger partial charge in [0.15, 0.2) is 0 Å². The van der Waals surface area contributed by atoms with Crippen LogP contribution in [0.15, 0.2) is 49.1 Å². The number of nitrogens with one attached hydrogen (secondary N) is 2. The van der Waals surface area contributed by atoms with Crippen LogP contribution in [0.25, 0.3) is 10.8 Å². The maximum Gasteiger partial charge on any atom is 0.244 e. The summed E-state index contributed by atoms with van der Waals surface area (Å²) in [6.07, 6.45) is 1.29. The van der Waals surface area contributed by atoms with Crippen molar-refractivity contribution < 1.29 is 29.1 Å². The number of carbonyl (C=O) groups is 3. The molecule has 2 rings (SSSR count). The highest BCUT2D eigenvalue weighted by Gasteiger charge is 2.33. The Labute approximate surface area is 192 Å². The van der Waals surface area contributed by atoms with Crippen molar-refractivity contribution in [3.8, 4) is 0 Å². The molecule has 9 heteroatoms. The standard InChI is InChI=1S/C21H26FN3O4.C3H6O/c1-21(2,3)18(19(23)27)24-20(28)15(11-17(26)25-29)9-12-4-5-13-6-7-16(22)10-14(13)8-12;1-2-3-4/h4-8,10,15,18,29H,9,11H2,1-3H3,(H2,23,27)(H,24,28)(H,25,26);2,4H,1,3H2. The Balaban J connectivity index is 0.00000125. The van der Waals surface area contributed by atoms with Crippen LogP contribution in [-0.2, 0) is 20.8 Å². The monoisotopic (exact) mass is 461 g/mol. The molecule has 180 valence electrons. The zero-order valence-corrected chi connectivity index (χ0v) is 19.1. The number of hydrogen-bond acceptors (Lipinski definition) is 5. The first-order valence-corrected chi connectivity index (χ1v) is 10.4. The number of rotatable bonds is 8. The van der Waals surface area contributed by atoms with E-state index in [-0.39, 0.29) is 25.3 Å². The summed E-state index contributed by atoms with van der Waals surface area (Å²) in [5.41, 5.74) is 7.03. The quantitative estimate of drug-likeness (QED) is 0.233. The molecule has 2 aromatic carbocycles. The lowest BCUT2D eigenvalue weighted by molar-refractivity contribution is -0.136. The molecule has 0 heterocycles. The van der Waals surface area contributed by atoms with E-state index in [0.29, 0.717) is 10.9 Å². The van der Waals surface area contributed by atoms with E-state index in [1.165, 1.54) is 23.7 Å². The molecular weight excluding hydrogens is 429 g/mol. The Kier molecular flexibility index (Phi) is 10.6. The molecule has 2 unspecified atom stereocenters. The highest BCUT2D eigenvalue weighted by molar-refractivity contribution is 5.90. The molecule has 33 heavy (non-hydrogen) atoms. The van der Waals surface area contributed by atoms with Crippen molar-refractivity contribution >= 4 is 28.5 Å². The number of nitrogens with two attached hydrogens (primary N) is 1. The normalized spacial score (nSPS) is 12.7. The average molecular weight is 462 g/mol. The van der Waals surface area contributed by atoms with Crippen molar-refractivity contribution in [3.63, 3.8) is 0 Å². The summed E-state index contributed by atoms with van der Waals surface area (Å²) in [4.78, 5) is 36.3. The topological polar surface area (TPSA) is 142 Å². The fourth-order valence-corrected chi connectivity index (χ4v) is 3.18. The lowest BCUT2D eigenvalue weighted by Crippen LogP contribution is -2.53. The van der Waals surface area contributed by atoms with Crippen molar-refractivity contribution in [2.75, 3.05) is 6.61 Å². The number of benzene rings is 2. The second-order valence-corrected chi connectivity index (χ2v) is 8.65. The van der Waals surface area contributed by atoms with Crippen LogP contribution in [0.1, 0.15) is 32.8 Å². The second kappa shape index (κ2) is 12.7. The Morgan fingerprint density at radius 2 is 1.76 bits per heavy atom. The van der Waals surface area contributed by atoms with Gasteiger partial charge < -0.3 is 16.2 Å². The molecule has 0 fully saturated rings. The van der Waals surface area contributed by atoms with Gasteiger partial charge in [0.1, 0.15) is 11.9 Å². The van der Waals surface area contributed by atoms with Crippen molar-refractivity contribution in [3.05, 3.63) is 60.4 Å². The van der Waals surface area contributed by atoms with Gasteiger partial charge in [-0.1, -0.05) is 51.1 Å². The van der Waals surface area contributed by atoms with Crippen LogP contribution in [0, 0.1) is 17.2 Å². The van der Waals surface area contributed by atoms with Gasteiger partial charge in [-0.2, -0.15) is 0 Å². The van der Waals surface area contributed by atoms with E-state index in [4.69, 9.17) is 16.0 Å². The van der Waals surface area contributed by atoms with Gasteiger partial charge in [0.25, 0.3) is 0 Å². The Bertz CT molecular complexity index is 988. The number of aliphatic hydroxyl groups is 1. The van der Waals surface area contributed by atoms with E-state index >= 15 is 0 Å². The van der Waals surface area contributed by atoms with Gasteiger partial charge in [-0.3, -0.25) is 19.6 Å². The molecule has 6 N–H and O–H groups in total. The van der Waals surface area contributed by atoms with Crippen LogP contribution in [-0.4, -0.2) is 40.7 Å². The first-order valence-electron chi connectivity index (χ1n) is 10.4. The summed E-state index contributed by atoms with van der Waals surface area (Å²) < 4.78 is 13.5. The number of fused-ring (bicyclic) bond motifs is 1. The number of carbonyl (C=O) groups excluding carboxylic acids is 3. The van der Waals surface area contributed by atoms with Crippen LogP contribution in [0.3, 0.4) is 0 Å². The summed E-state index contributed by atoms with van der Waals surface area (Å²) in [5, 5.41) is 20.7. The summed E-state index contributed by atoms with van der Waals surface area (Å²) in [7, 11) is 0. The average Bonchev–Trinajstić information content (AvgIpc) is 2.75. The molecule has 0 bridgehead atoms. The largest absolute Gasteiger partial charge is 0.392 e. The molecule has 0 aliphatic carbocycles. The smallest absolute Gasteiger partial charge is 0.244 e. The molecule has 8 nitrogen and oxygen atoms in total. The van der Waals surface area contributed by atoms with Crippen molar-refractivity contribution in [1.29, 1.82) is 0 Å². The van der Waals surface area contributed by atoms with Gasteiger partial charge in [-0.15, -0.1) is 6.58 Å². The number of amides is 3. The molecule has 0 radical (unpaired) electrons. The summed E-state index contributed by atoms with van der Waals surface area (Å²) in [6, 6.07) is 8.79. The van der Waals surface area contributed by atoms with Crippen molar-refractivity contribution in [2.24, 2.45) is 17.1 Å². The van der Waals surface area contributed by atoms with Crippen molar-refractivity contribution in [2.45, 2.75) is 39.7 Å². The molecule has 2 aromatic rings. The minimum absolute atomic E-state index is 0.0833. The lowest BCUT2D eigenvalue weighted by atomic mass is 9.85. The fourth-order valence-electron chi connectivity index (χ4n) is 3.18. The molecule has 0 saturated heterocycles. The van der Waals surface area contributed by atoms with E-state index in [2.05, 4.69) is 11.9 Å². The molecule has 0 aliphatic rings. The molecule has 0 spiro atoms. The Morgan fingerprint density at radius 3 is 2.27 bits per heavy atom. The first kappa shape index (κ1) is 27.7. The van der Waals surface area contributed by atoms with Gasteiger partial charge >= 0.3 is 0 Å². The van der Waals surface area contributed by atoms with Gasteiger partial charge in [-0.05, 0) is 40.3 Å². The Hall–Kier alpha value is -3.30. The molecular formula is C24H32FN3O5. The van der Waals surface area contributed by atoms with Crippen molar-refractivity contribution in [1.82, 2.24) is 10.8 Å². The fraction of sp³-hybridized carbons (Fsp3) is 0.375. The highest BCUT2D eigenvalue weighted by Crippen LogP contribution is 2.23. The number of halogens is 1. The predicted molar refractivity (Wildman–Crippen MR) is 124 cm³/mol. The summed E-state index contributed by atoms with van der Waals surface area (Å²) in [6.45, 7) is 8.59. The van der Waals surface area contributed by atoms with Gasteiger partial charge in [0.05, 0.1) is 12.5 Å². The first-order chi connectivity index (χ1) is 15.4. The Morgan fingerprint density at radius 1 is 1.15 bits per heavy atom. The van der Waals surface area contributed by atoms with E-state index in [1.54, 1.807) is 45.0 Å². The van der Waals surface area contributed by atoms with E-state index in [1.807, 2.05) is 0 Å².